The Hall–Kier alpha value is 30.8. The van der Waals surface area contributed by atoms with E-state index in [-0.39, 0.29) is 113 Å². The molecule has 1 N–H and O–H groups in total. The molecule has 0 aromatic carbocycles. The number of halogens is 48. The number of ether oxygens (including phenoxy) is 5. The average Bonchev–Trinajstić information content (AvgIpc) is 1.81. The first-order valence-electron chi connectivity index (χ1n) is 23.8. The summed E-state index contributed by atoms with van der Waals surface area (Å²) in [6.07, 6.45) is 4.28. The van der Waals surface area contributed by atoms with Gasteiger partial charge in [-0.2, -0.15) is 0 Å². The second-order valence-corrected chi connectivity index (χ2v) is 1030. The van der Waals surface area contributed by atoms with E-state index in [1.165, 1.54) is 6.08 Å². The molecule has 2 unspecified atom stereocenters. The topological polar surface area (TPSA) is 150 Å². The minimum atomic E-state index is -0.495. The monoisotopic (exact) mass is 6610 g/mol. The molecule has 61 heteroatoms. The molecule has 0 saturated carbocycles. The van der Waals surface area contributed by atoms with E-state index < -0.39 is 122 Å². The molecular weight excluding hydrogens is 6540 g/mol. The van der Waals surface area contributed by atoms with Crippen LogP contribution in [0.15, 0.2) is 11.6 Å². The van der Waals surface area contributed by atoms with Gasteiger partial charge in [0.15, 0.2) is 0 Å². The van der Waals surface area contributed by atoms with Crippen LogP contribution < -0.4 is 31.8 Å². The van der Waals surface area contributed by atoms with Gasteiger partial charge in [-0.15, -0.1) is 24.8 Å². The summed E-state index contributed by atoms with van der Waals surface area (Å²) in [6.45, 7) is 26.0. The SMILES string of the molecule is CCOC(=O)/C=C1\CCN(C(=O)OC(C)(C)C)C1.CCOC(=O)CC1(C)CCN(C(=O)OC(C)(C)C)C1.CCOC(=O)CC1(C)CCNC1.Cl.Cl.I[I-]I(I)I(I)I(I)I(I)I(I)I(I)I(I)I(I)I(I)I.I[I-]I(I)I(I)I(I)I(I)I(I)I(I)I(I)I(I)I(I)I(I)I(I)I. The fourth-order valence-electron chi connectivity index (χ4n) is 5.95. The molecular formula is C36H65Cl2I46N3O10-2. The summed E-state index contributed by atoms with van der Waals surface area (Å²) in [5.41, 5.74) is -0.156. The Labute approximate surface area is 910 Å². The third kappa shape index (κ3) is 63.2. The van der Waals surface area contributed by atoms with Crippen molar-refractivity contribution in [2.45, 2.75) is 119 Å². The number of esters is 3. The van der Waals surface area contributed by atoms with E-state index >= 15 is 0 Å². The van der Waals surface area contributed by atoms with Crippen LogP contribution in [0.4, 0.5) is 9.59 Å². The van der Waals surface area contributed by atoms with Gasteiger partial charge in [0.1, 0.15) is 11.2 Å². The summed E-state index contributed by atoms with van der Waals surface area (Å²) in [5, 5.41) is 3.25. The molecule has 3 aliphatic rings. The zero-order chi connectivity index (χ0) is 74.4. The van der Waals surface area contributed by atoms with Gasteiger partial charge >= 0.3 is 661 Å². The van der Waals surface area contributed by atoms with Gasteiger partial charge in [0.25, 0.3) is 0 Å². The molecule has 0 aromatic heterocycles. The van der Waals surface area contributed by atoms with Crippen LogP contribution in [-0.2, 0) is 38.1 Å². The van der Waals surface area contributed by atoms with E-state index in [4.69, 9.17) is 23.7 Å². The van der Waals surface area contributed by atoms with Crippen molar-refractivity contribution in [2.75, 3.05) is 59.1 Å². The van der Waals surface area contributed by atoms with Crippen molar-refractivity contribution in [3.63, 3.8) is 0 Å². The molecule has 3 aliphatic heterocycles. The van der Waals surface area contributed by atoms with Crippen molar-refractivity contribution in [3.05, 3.63) is 11.6 Å². The second-order valence-electron chi connectivity index (χ2n) is 18.7. The number of carbonyl (C=O) groups excluding carboxylic acids is 5. The van der Waals surface area contributed by atoms with E-state index in [1.807, 2.05) is 55.4 Å². The Morgan fingerprint density at radius 3 is 1.09 bits per heavy atom. The number of nitrogens with one attached hydrogen (secondary N) is 1. The molecule has 97 heavy (non-hydrogen) atoms. The van der Waals surface area contributed by atoms with E-state index in [1.54, 1.807) is 23.6 Å². The summed E-state index contributed by atoms with van der Waals surface area (Å²) in [4.78, 5) is 61.0. The number of nitrogens with zero attached hydrogens (tertiary/aromatic N) is 2. The van der Waals surface area contributed by atoms with Crippen molar-refractivity contribution < 1.29 is 74.2 Å². The molecule has 2 amide bonds. The Morgan fingerprint density at radius 2 is 0.794 bits per heavy atom. The van der Waals surface area contributed by atoms with E-state index in [0.717, 1.165) is 31.5 Å². The predicted molar refractivity (Wildman–Crippen MR) is 817 cm³/mol. The fraction of sp³-hybridized carbons (Fsp3) is 0.806. The summed E-state index contributed by atoms with van der Waals surface area (Å²) < 4.78 is 25.3. The van der Waals surface area contributed by atoms with Crippen LogP contribution in [0.1, 0.15) is 108 Å². The molecule has 0 spiro atoms. The summed E-state index contributed by atoms with van der Waals surface area (Å²) in [6, 6.07) is 0. The average molecular weight is 6610 g/mol. The van der Waals surface area contributed by atoms with Gasteiger partial charge < -0.3 is 38.8 Å². The van der Waals surface area contributed by atoms with Gasteiger partial charge in [0.2, 0.25) is 0 Å². The molecule has 622 valence electrons. The molecule has 13 nitrogen and oxygen atoms in total. The van der Waals surface area contributed by atoms with Crippen LogP contribution in [0, 0.1) is 10.8 Å². The Bertz CT molecular complexity index is 2270. The Balaban J connectivity index is -0.000000562. The molecule has 2 atom stereocenters. The summed E-state index contributed by atoms with van der Waals surface area (Å²) in [5.74, 6) is -0.613. The number of rotatable bonds is 28. The first-order valence-corrected chi connectivity index (χ1v) is 300. The summed E-state index contributed by atoms with van der Waals surface area (Å²) >= 11 is 75.2. The Morgan fingerprint density at radius 1 is 0.474 bits per heavy atom. The van der Waals surface area contributed by atoms with E-state index in [0.29, 0.717) is 91.8 Å². The number of likely N-dealkylation sites (tertiary alicyclic amines) is 2. The first-order chi connectivity index (χ1) is 43.6. The molecule has 0 radical (unpaired) electrons. The van der Waals surface area contributed by atoms with Crippen molar-refractivity contribution in [2.24, 2.45) is 10.8 Å². The van der Waals surface area contributed by atoms with Gasteiger partial charge in [0, 0.05) is 38.8 Å². The number of hydrogen-bond donors (Lipinski definition) is 1. The number of amides is 2. The van der Waals surface area contributed by atoms with Crippen LogP contribution in [0.5, 0.6) is 0 Å². The van der Waals surface area contributed by atoms with E-state index in [9.17, 15) is 24.0 Å². The number of hydrogen-bond acceptors (Lipinski definition) is 11. The van der Waals surface area contributed by atoms with Crippen LogP contribution >= 0.6 is 629 Å². The fourth-order valence-corrected chi connectivity index (χ4v) is 7130. The van der Waals surface area contributed by atoms with Crippen molar-refractivity contribution in [1.29, 1.82) is 0 Å². The third-order valence-corrected chi connectivity index (χ3v) is 3150. The van der Waals surface area contributed by atoms with E-state index in [2.05, 4.69) is 459 Å². The van der Waals surface area contributed by atoms with Crippen LogP contribution in [0.3, 0.4) is 0 Å². The standard InChI is InChI=1S/C14H25NO4.C13H21NO4.C9H17NO2.2ClH.I25.I21/c1-6-18-11(16)9-14(5)7-8-15(10-14)12(17)19-13(2,3)4;1-5-17-11(15)8-10-6-7-14(9-10)12(16)18-13(2,3)4;1-3-12-8(11)6-9(2)4-5-10-7-9;;;1-14-16(4)18(6)20(8)22(10)24(12)25(13)23(11)21(9)19(7)17(5)15(2)3;1-12-14(4)16(6)18(8)20(10)21(11)19(9)17(7)15(5)13(2)3/h6-10H2,1-5H3;8H,5-7,9H2,1-4H3;10H,3-7H2,1-2H3;2*1H;;/q;;;;;2*-1/b;10-8+;;;;;. The molecule has 0 aromatic rings. The van der Waals surface area contributed by atoms with Gasteiger partial charge in [-0.25, -0.2) is 14.4 Å². The maximum atomic E-state index is 11.9. The van der Waals surface area contributed by atoms with Gasteiger partial charge in [-0.1, -0.05) is 13.8 Å². The van der Waals surface area contributed by atoms with Gasteiger partial charge in [-0.05, 0) is 105 Å². The second kappa shape index (κ2) is 76.7. The maximum absolute atomic E-state index is 11.9. The zero-order valence-electron chi connectivity index (χ0n) is 50.2. The van der Waals surface area contributed by atoms with Crippen LogP contribution in [0.2, 0.25) is 0 Å². The molecule has 3 heterocycles. The van der Waals surface area contributed by atoms with Gasteiger partial charge in [-0.3, -0.25) is 9.59 Å². The van der Waals surface area contributed by atoms with Crippen LogP contribution in [-0.4, -0.2) is 110 Å². The Kier molecular flexibility index (Phi) is 106. The minimum absolute atomic E-state index is 0. The zero-order valence-corrected chi connectivity index (χ0v) is 151. The van der Waals surface area contributed by atoms with Crippen molar-refractivity contribution >= 4 is 660 Å². The molecule has 3 rings (SSSR count). The third-order valence-electron chi connectivity index (χ3n) is 9.33. The first kappa shape index (κ1) is 134. The molecule has 0 aliphatic carbocycles. The molecule has 3 saturated heterocycles. The number of carbonyl (C=O) groups is 5. The predicted octanol–water partition coefficient (Wildman–Crippen LogP) is 39.5. The van der Waals surface area contributed by atoms with Crippen molar-refractivity contribution in [1.82, 2.24) is 15.1 Å². The van der Waals surface area contributed by atoms with Gasteiger partial charge in [0.05, 0.1) is 32.7 Å². The summed E-state index contributed by atoms with van der Waals surface area (Å²) in [7, 11) is -8.12. The molecule has 0 bridgehead atoms. The molecule has 3 fully saturated rings. The van der Waals surface area contributed by atoms with Crippen molar-refractivity contribution in [3.8, 4) is 0 Å². The van der Waals surface area contributed by atoms with Crippen LogP contribution in [0.25, 0.3) is 0 Å². The quantitative estimate of drug-likeness (QED) is 0.0345. The normalized spacial score (nSPS) is 20.0.